The first kappa shape index (κ1) is 16.5. The van der Waals surface area contributed by atoms with Crippen LogP contribution in [-0.4, -0.2) is 13.6 Å². The third kappa shape index (κ3) is 4.57. The van der Waals surface area contributed by atoms with E-state index in [2.05, 4.69) is 64.3 Å². The fourth-order valence-corrected chi connectivity index (χ4v) is 3.90. The Morgan fingerprint density at radius 3 is 2.38 bits per heavy atom. The Morgan fingerprint density at radius 2 is 1.81 bits per heavy atom. The molecule has 1 aliphatic carbocycles. The summed E-state index contributed by atoms with van der Waals surface area (Å²) in [5.41, 5.74) is 3.49. The van der Waals surface area contributed by atoms with E-state index in [9.17, 15) is 0 Å². The van der Waals surface area contributed by atoms with Gasteiger partial charge in [-0.25, -0.2) is 0 Å². The van der Waals surface area contributed by atoms with Crippen LogP contribution in [0.4, 0.5) is 0 Å². The van der Waals surface area contributed by atoms with Gasteiger partial charge in [0.25, 0.3) is 0 Å². The van der Waals surface area contributed by atoms with Crippen LogP contribution < -0.4 is 5.32 Å². The summed E-state index contributed by atoms with van der Waals surface area (Å²) in [5, 5.41) is 3.40. The Kier molecular flexibility index (Phi) is 5.48. The third-order valence-corrected chi connectivity index (χ3v) is 5.28. The molecule has 2 rings (SSSR count). The Bertz CT molecular complexity index is 430. The van der Waals surface area contributed by atoms with Crippen LogP contribution in [0, 0.1) is 17.3 Å². The van der Waals surface area contributed by atoms with Crippen molar-refractivity contribution in [1.82, 2.24) is 5.32 Å². The first-order valence-electron chi connectivity index (χ1n) is 8.65. The molecule has 1 aliphatic rings. The molecule has 0 aromatic heterocycles. The third-order valence-electron chi connectivity index (χ3n) is 5.28. The molecule has 21 heavy (non-hydrogen) atoms. The zero-order valence-corrected chi connectivity index (χ0v) is 14.6. The molecular formula is C20H33N. The molecule has 0 spiro atoms. The van der Waals surface area contributed by atoms with Crippen LogP contribution in [0.15, 0.2) is 24.3 Å². The first-order chi connectivity index (χ1) is 9.91. The molecule has 0 radical (unpaired) electrons. The summed E-state index contributed by atoms with van der Waals surface area (Å²) in [7, 11) is 2.09. The molecule has 1 nitrogen and oxygen atoms in total. The lowest BCUT2D eigenvalue weighted by molar-refractivity contribution is 0.117. The van der Waals surface area contributed by atoms with E-state index < -0.39 is 0 Å². The van der Waals surface area contributed by atoms with E-state index in [1.54, 1.807) is 0 Å². The topological polar surface area (TPSA) is 12.0 Å². The minimum atomic E-state index is 0.521. The van der Waals surface area contributed by atoms with Crippen LogP contribution in [0.5, 0.6) is 0 Å². The Labute approximate surface area is 131 Å². The highest BCUT2D eigenvalue weighted by atomic mass is 14.8. The lowest BCUT2D eigenvalue weighted by Gasteiger charge is -2.41. The molecular weight excluding hydrogens is 254 g/mol. The van der Waals surface area contributed by atoms with Gasteiger partial charge in [0.15, 0.2) is 0 Å². The van der Waals surface area contributed by atoms with Crippen LogP contribution in [0.25, 0.3) is 0 Å². The predicted molar refractivity (Wildman–Crippen MR) is 92.8 cm³/mol. The van der Waals surface area contributed by atoms with E-state index in [1.807, 2.05) is 0 Å². The second kappa shape index (κ2) is 6.96. The fraction of sp³-hybridized carbons (Fsp3) is 0.700. The highest BCUT2D eigenvalue weighted by molar-refractivity contribution is 5.25. The van der Waals surface area contributed by atoms with Crippen molar-refractivity contribution in [3.8, 4) is 0 Å². The molecule has 1 aromatic carbocycles. The second-order valence-corrected chi connectivity index (χ2v) is 8.09. The smallest absolute Gasteiger partial charge is 0.00207 e. The van der Waals surface area contributed by atoms with Gasteiger partial charge in [0, 0.05) is 0 Å². The van der Waals surface area contributed by atoms with E-state index in [0.717, 1.165) is 11.8 Å². The van der Waals surface area contributed by atoms with Crippen molar-refractivity contribution in [2.75, 3.05) is 13.6 Å². The maximum atomic E-state index is 3.40. The largest absolute Gasteiger partial charge is 0.319 e. The van der Waals surface area contributed by atoms with Crippen LogP contribution >= 0.6 is 0 Å². The van der Waals surface area contributed by atoms with Gasteiger partial charge >= 0.3 is 0 Å². The van der Waals surface area contributed by atoms with E-state index >= 15 is 0 Å². The van der Waals surface area contributed by atoms with Gasteiger partial charge in [-0.3, -0.25) is 0 Å². The zero-order valence-electron chi connectivity index (χ0n) is 14.6. The maximum Gasteiger partial charge on any atom is -0.00207 e. The molecule has 1 N–H and O–H groups in total. The number of nitrogens with one attached hydrogen (secondary N) is 1. The molecule has 0 bridgehead atoms. The summed E-state index contributed by atoms with van der Waals surface area (Å²) < 4.78 is 0. The van der Waals surface area contributed by atoms with Crippen LogP contribution in [0.2, 0.25) is 0 Å². The van der Waals surface area contributed by atoms with Crippen molar-refractivity contribution >= 4 is 0 Å². The summed E-state index contributed by atoms with van der Waals surface area (Å²) in [5.74, 6) is 2.30. The first-order valence-corrected chi connectivity index (χ1v) is 8.65. The monoisotopic (exact) mass is 287 g/mol. The van der Waals surface area contributed by atoms with E-state index in [-0.39, 0.29) is 0 Å². The van der Waals surface area contributed by atoms with Crippen LogP contribution in [0.3, 0.4) is 0 Å². The highest BCUT2D eigenvalue weighted by Gasteiger charge is 2.34. The molecule has 1 fully saturated rings. The molecule has 2 atom stereocenters. The summed E-state index contributed by atoms with van der Waals surface area (Å²) in [6, 6.07) is 9.35. The van der Waals surface area contributed by atoms with Gasteiger partial charge in [-0.2, -0.15) is 0 Å². The normalized spacial score (nSPS) is 25.2. The Balaban J connectivity index is 2.06. The van der Waals surface area contributed by atoms with Crippen molar-refractivity contribution in [2.45, 2.75) is 59.3 Å². The van der Waals surface area contributed by atoms with Crippen molar-refractivity contribution in [3.05, 3.63) is 35.4 Å². The van der Waals surface area contributed by atoms with Gasteiger partial charge in [0.2, 0.25) is 0 Å². The average Bonchev–Trinajstić information content (AvgIpc) is 2.42. The predicted octanol–water partition coefficient (Wildman–Crippen LogP) is 5.01. The van der Waals surface area contributed by atoms with Crippen molar-refractivity contribution in [1.29, 1.82) is 0 Å². The molecule has 0 amide bonds. The second-order valence-electron chi connectivity index (χ2n) is 8.09. The molecule has 0 heterocycles. The van der Waals surface area contributed by atoms with Gasteiger partial charge in [-0.1, -0.05) is 52.0 Å². The molecule has 2 unspecified atom stereocenters. The van der Waals surface area contributed by atoms with Crippen molar-refractivity contribution in [2.24, 2.45) is 17.3 Å². The van der Waals surface area contributed by atoms with Gasteiger partial charge in [0.05, 0.1) is 0 Å². The molecule has 1 heteroatoms. The van der Waals surface area contributed by atoms with E-state index in [4.69, 9.17) is 0 Å². The minimum absolute atomic E-state index is 0.521. The lowest BCUT2D eigenvalue weighted by Crippen LogP contribution is -2.36. The number of benzene rings is 1. The minimum Gasteiger partial charge on any atom is -0.319 e. The van der Waals surface area contributed by atoms with Gasteiger partial charge in [-0.15, -0.1) is 0 Å². The quantitative estimate of drug-likeness (QED) is 0.802. The molecule has 1 saturated carbocycles. The number of rotatable bonds is 5. The summed E-state index contributed by atoms with van der Waals surface area (Å²) in [6.07, 6.45) is 5.37. The summed E-state index contributed by atoms with van der Waals surface area (Å²) >= 11 is 0. The van der Waals surface area contributed by atoms with E-state index in [1.165, 1.54) is 43.4 Å². The molecule has 0 aliphatic heterocycles. The average molecular weight is 287 g/mol. The summed E-state index contributed by atoms with van der Waals surface area (Å²) in [6.45, 7) is 10.6. The standard InChI is InChI=1S/C20H33N/c1-15(2)17-8-6-16(7-9-17)12-19-13-20(3,4)11-10-18(19)14-21-5/h6-9,15,18-19,21H,10-14H2,1-5H3. The van der Waals surface area contributed by atoms with E-state index in [0.29, 0.717) is 11.3 Å². The molecule has 118 valence electrons. The summed E-state index contributed by atoms with van der Waals surface area (Å²) in [4.78, 5) is 0. The lowest BCUT2D eigenvalue weighted by atomic mass is 9.65. The van der Waals surface area contributed by atoms with Crippen molar-refractivity contribution < 1.29 is 0 Å². The van der Waals surface area contributed by atoms with Crippen molar-refractivity contribution in [3.63, 3.8) is 0 Å². The fourth-order valence-electron chi connectivity index (χ4n) is 3.90. The van der Waals surface area contributed by atoms with Gasteiger partial charge in [0.1, 0.15) is 0 Å². The molecule has 1 aromatic rings. The zero-order chi connectivity index (χ0) is 15.5. The molecule has 0 saturated heterocycles. The number of hydrogen-bond donors (Lipinski definition) is 1. The Morgan fingerprint density at radius 1 is 1.14 bits per heavy atom. The van der Waals surface area contributed by atoms with Crippen LogP contribution in [0.1, 0.15) is 64.0 Å². The maximum absolute atomic E-state index is 3.40. The number of hydrogen-bond acceptors (Lipinski definition) is 1. The van der Waals surface area contributed by atoms with Crippen LogP contribution in [-0.2, 0) is 6.42 Å². The SMILES string of the molecule is CNCC1CCC(C)(C)CC1Cc1ccc(C(C)C)cc1. The van der Waals surface area contributed by atoms with Gasteiger partial charge < -0.3 is 5.32 Å². The highest BCUT2D eigenvalue weighted by Crippen LogP contribution is 2.43. The van der Waals surface area contributed by atoms with Gasteiger partial charge in [-0.05, 0) is 73.6 Å². The Hall–Kier alpha value is -0.820.